The van der Waals surface area contributed by atoms with E-state index in [1.807, 2.05) is 29.1 Å². The van der Waals surface area contributed by atoms with Crippen LogP contribution in [0.1, 0.15) is 24.2 Å². The number of nitrogens with zero attached hydrogens (tertiary/aromatic N) is 2. The van der Waals surface area contributed by atoms with Gasteiger partial charge in [0.25, 0.3) is 0 Å². The number of hydrogen-bond donors (Lipinski definition) is 1. The van der Waals surface area contributed by atoms with Crippen LogP contribution in [0.3, 0.4) is 0 Å². The van der Waals surface area contributed by atoms with Gasteiger partial charge in [-0.25, -0.2) is 9.37 Å². The lowest BCUT2D eigenvalue weighted by molar-refractivity contribution is 0.286. The summed E-state index contributed by atoms with van der Waals surface area (Å²) in [5.41, 5.74) is 7.23. The lowest BCUT2D eigenvalue weighted by Crippen LogP contribution is -2.06. The fourth-order valence-corrected chi connectivity index (χ4v) is 2.63. The summed E-state index contributed by atoms with van der Waals surface area (Å²) >= 11 is 1.55. The number of aromatic nitrogens is 2. The maximum Gasteiger partial charge on any atom is 0.193 e. The SMILES string of the molecule is CC(N)c1ccc(OCc2cn3ccsc3n2)c(F)c1. The van der Waals surface area contributed by atoms with E-state index in [2.05, 4.69) is 4.98 Å². The number of benzene rings is 1. The molecule has 0 aliphatic rings. The molecule has 4 nitrogen and oxygen atoms in total. The normalized spacial score (nSPS) is 12.8. The Balaban J connectivity index is 1.73. The number of halogens is 1. The maximum absolute atomic E-state index is 13.9. The van der Waals surface area contributed by atoms with Gasteiger partial charge in [0, 0.05) is 23.8 Å². The molecule has 20 heavy (non-hydrogen) atoms. The van der Waals surface area contributed by atoms with Crippen molar-refractivity contribution in [1.29, 1.82) is 0 Å². The van der Waals surface area contributed by atoms with Crippen LogP contribution < -0.4 is 10.5 Å². The topological polar surface area (TPSA) is 52.5 Å². The van der Waals surface area contributed by atoms with E-state index in [1.165, 1.54) is 6.07 Å². The molecule has 3 rings (SSSR count). The van der Waals surface area contributed by atoms with E-state index < -0.39 is 5.82 Å². The van der Waals surface area contributed by atoms with Gasteiger partial charge in [-0.05, 0) is 24.6 Å². The number of nitrogens with two attached hydrogens (primary N) is 1. The van der Waals surface area contributed by atoms with Gasteiger partial charge in [-0.2, -0.15) is 0 Å². The van der Waals surface area contributed by atoms with Gasteiger partial charge >= 0.3 is 0 Å². The predicted octanol–water partition coefficient (Wildman–Crippen LogP) is 3.13. The standard InChI is InChI=1S/C14H14FN3OS/c1-9(16)10-2-3-13(12(15)6-10)19-8-11-7-18-4-5-20-14(18)17-11/h2-7,9H,8,16H2,1H3. The summed E-state index contributed by atoms with van der Waals surface area (Å²) < 4.78 is 21.2. The quantitative estimate of drug-likeness (QED) is 0.803. The summed E-state index contributed by atoms with van der Waals surface area (Å²) in [6.07, 6.45) is 3.80. The number of rotatable bonds is 4. The van der Waals surface area contributed by atoms with Gasteiger partial charge in [-0.1, -0.05) is 6.07 Å². The van der Waals surface area contributed by atoms with Crippen LogP contribution in [0.25, 0.3) is 4.96 Å². The molecule has 1 unspecified atom stereocenters. The molecule has 2 N–H and O–H groups in total. The molecule has 0 amide bonds. The molecule has 6 heteroatoms. The third-order valence-corrected chi connectivity index (χ3v) is 3.77. The van der Waals surface area contributed by atoms with Crippen molar-refractivity contribution in [3.05, 3.63) is 53.0 Å². The van der Waals surface area contributed by atoms with E-state index in [0.717, 1.165) is 16.2 Å². The van der Waals surface area contributed by atoms with Crippen molar-refractivity contribution in [1.82, 2.24) is 9.38 Å². The van der Waals surface area contributed by atoms with Crippen molar-refractivity contribution in [2.75, 3.05) is 0 Å². The zero-order valence-electron chi connectivity index (χ0n) is 10.9. The lowest BCUT2D eigenvalue weighted by Gasteiger charge is -2.09. The van der Waals surface area contributed by atoms with Crippen LogP contribution in [-0.4, -0.2) is 9.38 Å². The van der Waals surface area contributed by atoms with Crippen LogP contribution in [0, 0.1) is 5.82 Å². The molecule has 0 aliphatic carbocycles. The second kappa shape index (κ2) is 5.22. The minimum absolute atomic E-state index is 0.196. The molecule has 2 heterocycles. The molecular weight excluding hydrogens is 277 g/mol. The van der Waals surface area contributed by atoms with Gasteiger partial charge < -0.3 is 10.5 Å². The summed E-state index contributed by atoms with van der Waals surface area (Å²) in [4.78, 5) is 5.28. The molecule has 0 bridgehead atoms. The Labute approximate surface area is 119 Å². The average Bonchev–Trinajstić information content (AvgIpc) is 2.97. The molecule has 0 saturated heterocycles. The maximum atomic E-state index is 13.9. The van der Waals surface area contributed by atoms with E-state index in [-0.39, 0.29) is 18.4 Å². The Kier molecular flexibility index (Phi) is 3.42. The number of imidazole rings is 1. The van der Waals surface area contributed by atoms with Crippen LogP contribution >= 0.6 is 11.3 Å². The Morgan fingerprint density at radius 3 is 3.05 bits per heavy atom. The fraction of sp³-hybridized carbons (Fsp3) is 0.214. The highest BCUT2D eigenvalue weighted by molar-refractivity contribution is 7.15. The molecule has 0 fully saturated rings. The minimum atomic E-state index is -0.402. The van der Waals surface area contributed by atoms with Gasteiger partial charge in [0.1, 0.15) is 6.61 Å². The van der Waals surface area contributed by atoms with Crippen LogP contribution in [0.4, 0.5) is 4.39 Å². The second-order valence-electron chi connectivity index (χ2n) is 4.59. The van der Waals surface area contributed by atoms with Crippen molar-refractivity contribution in [2.24, 2.45) is 5.73 Å². The van der Waals surface area contributed by atoms with E-state index in [4.69, 9.17) is 10.5 Å². The first-order valence-electron chi connectivity index (χ1n) is 6.22. The van der Waals surface area contributed by atoms with E-state index in [9.17, 15) is 4.39 Å². The average molecular weight is 291 g/mol. The summed E-state index contributed by atoms with van der Waals surface area (Å²) in [6.45, 7) is 2.05. The third-order valence-electron chi connectivity index (χ3n) is 3.00. The summed E-state index contributed by atoms with van der Waals surface area (Å²) in [7, 11) is 0. The zero-order chi connectivity index (χ0) is 14.1. The van der Waals surface area contributed by atoms with Crippen LogP contribution in [0.15, 0.2) is 36.0 Å². The molecule has 104 valence electrons. The molecule has 0 saturated carbocycles. The first-order chi connectivity index (χ1) is 9.63. The zero-order valence-corrected chi connectivity index (χ0v) is 11.7. The van der Waals surface area contributed by atoms with Crippen LogP contribution in [-0.2, 0) is 6.61 Å². The Morgan fingerprint density at radius 2 is 2.35 bits per heavy atom. The van der Waals surface area contributed by atoms with Gasteiger partial charge in [0.05, 0.1) is 5.69 Å². The van der Waals surface area contributed by atoms with Crippen LogP contribution in [0.2, 0.25) is 0 Å². The van der Waals surface area contributed by atoms with E-state index in [1.54, 1.807) is 23.5 Å². The Bertz CT molecular complexity index is 706. The highest BCUT2D eigenvalue weighted by Crippen LogP contribution is 2.22. The van der Waals surface area contributed by atoms with Crippen molar-refractivity contribution in [3.8, 4) is 5.75 Å². The molecule has 0 spiro atoms. The minimum Gasteiger partial charge on any atom is -0.484 e. The molecule has 1 atom stereocenters. The lowest BCUT2D eigenvalue weighted by atomic mass is 10.1. The number of hydrogen-bond acceptors (Lipinski definition) is 4. The first kappa shape index (κ1) is 13.1. The van der Waals surface area contributed by atoms with Crippen molar-refractivity contribution < 1.29 is 9.13 Å². The number of fused-ring (bicyclic) bond motifs is 1. The van der Waals surface area contributed by atoms with Crippen molar-refractivity contribution in [3.63, 3.8) is 0 Å². The molecule has 2 aromatic heterocycles. The third kappa shape index (κ3) is 2.52. The molecule has 1 aromatic carbocycles. The summed E-state index contributed by atoms with van der Waals surface area (Å²) in [5.74, 6) is -0.188. The van der Waals surface area contributed by atoms with Crippen molar-refractivity contribution in [2.45, 2.75) is 19.6 Å². The number of thiazole rings is 1. The van der Waals surface area contributed by atoms with Gasteiger partial charge in [-0.3, -0.25) is 4.40 Å². The Hall–Kier alpha value is -1.92. The monoisotopic (exact) mass is 291 g/mol. The van der Waals surface area contributed by atoms with Crippen molar-refractivity contribution >= 4 is 16.3 Å². The number of ether oxygens (including phenoxy) is 1. The molecular formula is C14H14FN3OS. The fourth-order valence-electron chi connectivity index (χ4n) is 1.91. The van der Waals surface area contributed by atoms with Gasteiger partial charge in [0.15, 0.2) is 16.5 Å². The molecule has 0 radical (unpaired) electrons. The predicted molar refractivity (Wildman–Crippen MR) is 76.4 cm³/mol. The summed E-state index contributed by atoms with van der Waals surface area (Å²) in [6, 6.07) is 4.59. The Morgan fingerprint density at radius 1 is 1.50 bits per heavy atom. The second-order valence-corrected chi connectivity index (χ2v) is 5.47. The molecule has 3 aromatic rings. The largest absolute Gasteiger partial charge is 0.484 e. The highest BCUT2D eigenvalue weighted by atomic mass is 32.1. The van der Waals surface area contributed by atoms with E-state index in [0.29, 0.717) is 0 Å². The highest BCUT2D eigenvalue weighted by Gasteiger charge is 2.09. The smallest absolute Gasteiger partial charge is 0.193 e. The summed E-state index contributed by atoms with van der Waals surface area (Å²) in [5, 5.41) is 1.96. The first-order valence-corrected chi connectivity index (χ1v) is 7.10. The van der Waals surface area contributed by atoms with Crippen LogP contribution in [0.5, 0.6) is 5.75 Å². The van der Waals surface area contributed by atoms with Gasteiger partial charge in [0.2, 0.25) is 0 Å². The van der Waals surface area contributed by atoms with Gasteiger partial charge in [-0.15, -0.1) is 11.3 Å². The van der Waals surface area contributed by atoms with E-state index >= 15 is 0 Å². The molecule has 0 aliphatic heterocycles.